The molecule has 5 nitrogen and oxygen atoms in total. The molecule has 0 radical (unpaired) electrons. The van der Waals surface area contributed by atoms with E-state index >= 15 is 0 Å². The number of nitriles is 1. The molecular formula is C46H29N5. The van der Waals surface area contributed by atoms with Crippen molar-refractivity contribution in [3.63, 3.8) is 0 Å². The van der Waals surface area contributed by atoms with E-state index in [4.69, 9.17) is 20.2 Å². The van der Waals surface area contributed by atoms with Crippen molar-refractivity contribution in [1.82, 2.24) is 19.5 Å². The van der Waals surface area contributed by atoms with Gasteiger partial charge in [-0.1, -0.05) is 133 Å². The standard InChI is InChI=1S/C46H29N5/c47-30-31-15-17-32(18-16-31)33-19-23-36(24-20-33)45-48-44(35-9-3-1-4-10-35)49-46(50-45)37-25-21-34(22-26-37)38-27-28-43-41(29-38)40-13-7-8-14-42(40)51(43)39-11-5-2-6-12-39/h1-29H. The monoisotopic (exact) mass is 651 g/mol. The number of fused-ring (bicyclic) bond motifs is 3. The molecule has 0 aliphatic heterocycles. The molecule has 5 heteroatoms. The van der Waals surface area contributed by atoms with E-state index in [0.717, 1.165) is 44.6 Å². The van der Waals surface area contributed by atoms with Crippen molar-refractivity contribution in [2.24, 2.45) is 0 Å². The Morgan fingerprint density at radius 3 is 1.39 bits per heavy atom. The number of rotatable bonds is 6. The third kappa shape index (κ3) is 5.61. The maximum Gasteiger partial charge on any atom is 0.164 e. The quantitative estimate of drug-likeness (QED) is 0.179. The number of hydrogen-bond donors (Lipinski definition) is 0. The van der Waals surface area contributed by atoms with Crippen LogP contribution in [0, 0.1) is 11.3 Å². The normalized spacial score (nSPS) is 11.1. The van der Waals surface area contributed by atoms with E-state index in [1.165, 1.54) is 21.8 Å². The van der Waals surface area contributed by atoms with E-state index in [2.05, 4.69) is 120 Å². The summed E-state index contributed by atoms with van der Waals surface area (Å²) in [5, 5.41) is 11.6. The Labute approximate surface area is 295 Å². The van der Waals surface area contributed by atoms with Crippen LogP contribution in [0.3, 0.4) is 0 Å². The number of benzene rings is 7. The van der Waals surface area contributed by atoms with Gasteiger partial charge in [0.25, 0.3) is 0 Å². The lowest BCUT2D eigenvalue weighted by molar-refractivity contribution is 1.07. The molecule has 2 aromatic heterocycles. The van der Waals surface area contributed by atoms with Crippen LogP contribution in [-0.4, -0.2) is 19.5 Å². The van der Waals surface area contributed by atoms with Crippen molar-refractivity contribution >= 4 is 21.8 Å². The molecule has 0 saturated carbocycles. The smallest absolute Gasteiger partial charge is 0.164 e. The van der Waals surface area contributed by atoms with Gasteiger partial charge >= 0.3 is 0 Å². The Morgan fingerprint density at radius 2 is 0.804 bits per heavy atom. The highest BCUT2D eigenvalue weighted by molar-refractivity contribution is 6.10. The van der Waals surface area contributed by atoms with E-state index in [1.807, 2.05) is 66.7 Å². The molecule has 51 heavy (non-hydrogen) atoms. The Kier molecular flexibility index (Phi) is 7.46. The van der Waals surface area contributed by atoms with Gasteiger partial charge in [0.1, 0.15) is 0 Å². The van der Waals surface area contributed by atoms with Gasteiger partial charge in [0, 0.05) is 33.2 Å². The second-order valence-corrected chi connectivity index (χ2v) is 12.4. The summed E-state index contributed by atoms with van der Waals surface area (Å²) in [7, 11) is 0. The minimum atomic E-state index is 0.606. The highest BCUT2D eigenvalue weighted by atomic mass is 15.0. The van der Waals surface area contributed by atoms with Crippen LogP contribution in [0.1, 0.15) is 5.56 Å². The summed E-state index contributed by atoms with van der Waals surface area (Å²) >= 11 is 0. The Balaban J connectivity index is 1.08. The van der Waals surface area contributed by atoms with Gasteiger partial charge in [0.15, 0.2) is 17.5 Å². The van der Waals surface area contributed by atoms with E-state index in [9.17, 15) is 0 Å². The number of nitrogens with zero attached hydrogens (tertiary/aromatic N) is 5. The molecule has 0 N–H and O–H groups in total. The molecule has 0 aliphatic rings. The average molecular weight is 652 g/mol. The lowest BCUT2D eigenvalue weighted by atomic mass is 10.0. The summed E-state index contributed by atoms with van der Waals surface area (Å²) < 4.78 is 2.33. The van der Waals surface area contributed by atoms with Gasteiger partial charge in [0.2, 0.25) is 0 Å². The molecule has 0 bridgehead atoms. The Bertz CT molecular complexity index is 2710. The first-order valence-corrected chi connectivity index (χ1v) is 16.8. The van der Waals surface area contributed by atoms with Gasteiger partial charge in [-0.2, -0.15) is 5.26 Å². The van der Waals surface area contributed by atoms with E-state index in [1.54, 1.807) is 0 Å². The zero-order valence-electron chi connectivity index (χ0n) is 27.5. The van der Waals surface area contributed by atoms with Crippen molar-refractivity contribution in [3.8, 4) is 68.2 Å². The molecule has 9 rings (SSSR count). The van der Waals surface area contributed by atoms with Crippen molar-refractivity contribution < 1.29 is 0 Å². The maximum atomic E-state index is 9.17. The predicted octanol–water partition coefficient (Wildman–Crippen LogP) is 11.2. The first-order valence-electron chi connectivity index (χ1n) is 16.8. The van der Waals surface area contributed by atoms with Crippen LogP contribution in [-0.2, 0) is 0 Å². The summed E-state index contributed by atoms with van der Waals surface area (Å²) in [6, 6.07) is 62.3. The van der Waals surface area contributed by atoms with Crippen molar-refractivity contribution in [3.05, 3.63) is 181 Å². The highest BCUT2D eigenvalue weighted by Gasteiger charge is 2.15. The van der Waals surface area contributed by atoms with Crippen molar-refractivity contribution in [1.29, 1.82) is 5.26 Å². The fourth-order valence-corrected chi connectivity index (χ4v) is 6.72. The van der Waals surface area contributed by atoms with Crippen LogP contribution in [0.25, 0.3) is 83.9 Å². The Hall–Kier alpha value is -7.16. The first kappa shape index (κ1) is 29.9. The van der Waals surface area contributed by atoms with E-state index in [0.29, 0.717) is 23.0 Å². The van der Waals surface area contributed by atoms with Gasteiger partial charge in [-0.25, -0.2) is 15.0 Å². The second kappa shape index (κ2) is 12.7. The van der Waals surface area contributed by atoms with Crippen molar-refractivity contribution in [2.75, 3.05) is 0 Å². The molecule has 2 heterocycles. The molecule has 0 spiro atoms. The molecule has 0 unspecified atom stereocenters. The van der Waals surface area contributed by atoms with Gasteiger partial charge in [-0.3, -0.25) is 0 Å². The molecule has 0 atom stereocenters. The molecular weight excluding hydrogens is 623 g/mol. The SMILES string of the molecule is N#Cc1ccc(-c2ccc(-c3nc(-c4ccccc4)nc(-c4ccc(-c5ccc6c(c5)c5ccccc5n6-c5ccccc5)cc4)n3)cc2)cc1. The Morgan fingerprint density at radius 1 is 0.373 bits per heavy atom. The third-order valence-corrected chi connectivity index (χ3v) is 9.32. The zero-order chi connectivity index (χ0) is 34.1. The van der Waals surface area contributed by atoms with Gasteiger partial charge in [-0.15, -0.1) is 0 Å². The molecule has 0 amide bonds. The van der Waals surface area contributed by atoms with Gasteiger partial charge in [-0.05, 0) is 64.7 Å². The van der Waals surface area contributed by atoms with Crippen molar-refractivity contribution in [2.45, 2.75) is 0 Å². The molecule has 0 aliphatic carbocycles. The summed E-state index contributed by atoms with van der Waals surface area (Å²) in [5.41, 5.74) is 11.3. The number of para-hydroxylation sites is 2. The minimum Gasteiger partial charge on any atom is -0.309 e. The summed E-state index contributed by atoms with van der Waals surface area (Å²) in [6.45, 7) is 0. The topological polar surface area (TPSA) is 67.4 Å². The summed E-state index contributed by atoms with van der Waals surface area (Å²) in [6.07, 6.45) is 0. The zero-order valence-corrected chi connectivity index (χ0v) is 27.5. The van der Waals surface area contributed by atoms with Gasteiger partial charge in [0.05, 0.1) is 22.7 Å². The number of aromatic nitrogens is 4. The fraction of sp³-hybridized carbons (Fsp3) is 0. The highest BCUT2D eigenvalue weighted by Crippen LogP contribution is 2.35. The van der Waals surface area contributed by atoms with Crippen LogP contribution >= 0.6 is 0 Å². The number of hydrogen-bond acceptors (Lipinski definition) is 4. The predicted molar refractivity (Wildman–Crippen MR) is 206 cm³/mol. The molecule has 9 aromatic rings. The summed E-state index contributed by atoms with van der Waals surface area (Å²) in [5.74, 6) is 1.84. The van der Waals surface area contributed by atoms with E-state index < -0.39 is 0 Å². The molecule has 7 aromatic carbocycles. The third-order valence-electron chi connectivity index (χ3n) is 9.32. The minimum absolute atomic E-state index is 0.606. The lowest BCUT2D eigenvalue weighted by Gasteiger charge is -2.10. The lowest BCUT2D eigenvalue weighted by Crippen LogP contribution is -2.00. The van der Waals surface area contributed by atoms with Crippen LogP contribution in [0.2, 0.25) is 0 Å². The molecule has 0 fully saturated rings. The molecule has 238 valence electrons. The molecule has 0 saturated heterocycles. The average Bonchev–Trinajstić information content (AvgIpc) is 3.55. The van der Waals surface area contributed by atoms with Crippen LogP contribution in [0.5, 0.6) is 0 Å². The fourth-order valence-electron chi connectivity index (χ4n) is 6.72. The second-order valence-electron chi connectivity index (χ2n) is 12.4. The van der Waals surface area contributed by atoms with Crippen LogP contribution in [0.15, 0.2) is 176 Å². The van der Waals surface area contributed by atoms with Gasteiger partial charge < -0.3 is 4.57 Å². The maximum absolute atomic E-state index is 9.17. The summed E-state index contributed by atoms with van der Waals surface area (Å²) in [4.78, 5) is 14.8. The van der Waals surface area contributed by atoms with Crippen LogP contribution < -0.4 is 0 Å². The van der Waals surface area contributed by atoms with E-state index in [-0.39, 0.29) is 0 Å². The van der Waals surface area contributed by atoms with Crippen LogP contribution in [0.4, 0.5) is 0 Å². The largest absolute Gasteiger partial charge is 0.309 e. The first-order chi connectivity index (χ1) is 25.2.